The molecule has 2 atom stereocenters. The molecule has 1 saturated carbocycles. The average molecular weight is 478 g/mol. The van der Waals surface area contributed by atoms with Gasteiger partial charge in [0.25, 0.3) is 0 Å². The van der Waals surface area contributed by atoms with Crippen molar-refractivity contribution in [2.24, 2.45) is 22.0 Å². The number of rotatable bonds is 3. The summed E-state index contributed by atoms with van der Waals surface area (Å²) in [5, 5.41) is 8.55. The lowest BCUT2D eigenvalue weighted by Gasteiger charge is -2.22. The molecule has 2 aliphatic rings. The average Bonchev–Trinajstić information content (AvgIpc) is 2.99. The first-order valence-electron chi connectivity index (χ1n) is 8.54. The van der Waals surface area contributed by atoms with E-state index in [0.29, 0.717) is 6.54 Å². The largest absolute Gasteiger partial charge is 0.352 e. The number of primary sulfonamides is 1. The molecule has 0 amide bonds. The predicted molar refractivity (Wildman–Crippen MR) is 110 cm³/mol. The monoisotopic (exact) mass is 478 g/mol. The second kappa shape index (κ2) is 8.68. The van der Waals surface area contributed by atoms with Crippen molar-refractivity contribution in [1.29, 1.82) is 0 Å². The third-order valence-corrected chi connectivity index (χ3v) is 6.08. The molecule has 6 nitrogen and oxygen atoms in total. The van der Waals surface area contributed by atoms with Crippen molar-refractivity contribution in [2.75, 3.05) is 20.1 Å². The van der Waals surface area contributed by atoms with E-state index in [1.54, 1.807) is 19.2 Å². The Kier molecular flexibility index (Phi) is 7.10. The van der Waals surface area contributed by atoms with Gasteiger partial charge < -0.3 is 10.2 Å². The molecule has 140 valence electrons. The molecule has 1 saturated heterocycles. The zero-order valence-electron chi connectivity index (χ0n) is 14.5. The summed E-state index contributed by atoms with van der Waals surface area (Å²) in [6, 6.07) is 6.72. The molecule has 0 aromatic heterocycles. The van der Waals surface area contributed by atoms with Crippen LogP contribution in [0.2, 0.25) is 0 Å². The van der Waals surface area contributed by atoms with Crippen LogP contribution in [-0.2, 0) is 16.6 Å². The molecule has 3 N–H and O–H groups in total. The molecule has 1 heterocycles. The highest BCUT2D eigenvalue weighted by Crippen LogP contribution is 2.35. The van der Waals surface area contributed by atoms with Crippen LogP contribution in [0.1, 0.15) is 31.2 Å². The lowest BCUT2D eigenvalue weighted by molar-refractivity contribution is 0.299. The van der Waals surface area contributed by atoms with Crippen molar-refractivity contribution < 1.29 is 8.42 Å². The minimum absolute atomic E-state index is 0. The maximum Gasteiger partial charge on any atom is 0.238 e. The Morgan fingerprint density at radius 3 is 2.48 bits per heavy atom. The molecule has 0 spiro atoms. The van der Waals surface area contributed by atoms with Gasteiger partial charge in [-0.05, 0) is 42.4 Å². The predicted octanol–water partition coefficient (Wildman–Crippen LogP) is 2.15. The number of nitrogens with two attached hydrogens (primary N) is 1. The number of fused-ring (bicyclic) bond motifs is 1. The summed E-state index contributed by atoms with van der Waals surface area (Å²) in [5.74, 6) is 2.48. The SMILES string of the molecule is CN=C(NCc1cccc(S(N)(=O)=O)c1)N1CC2CCCCC2C1.I. The van der Waals surface area contributed by atoms with Gasteiger partial charge in [-0.2, -0.15) is 0 Å². The molecule has 1 aliphatic heterocycles. The number of aliphatic imine (C=N–C) groups is 1. The van der Waals surface area contributed by atoms with Gasteiger partial charge in [-0.3, -0.25) is 4.99 Å². The summed E-state index contributed by atoms with van der Waals surface area (Å²) in [6.07, 6.45) is 5.35. The van der Waals surface area contributed by atoms with Crippen LogP contribution in [0, 0.1) is 11.8 Å². The van der Waals surface area contributed by atoms with Gasteiger partial charge in [0.05, 0.1) is 4.90 Å². The Morgan fingerprint density at radius 2 is 1.92 bits per heavy atom. The van der Waals surface area contributed by atoms with Crippen molar-refractivity contribution in [3.8, 4) is 0 Å². The summed E-state index contributed by atoms with van der Waals surface area (Å²) in [5.41, 5.74) is 0.874. The maximum absolute atomic E-state index is 11.5. The van der Waals surface area contributed by atoms with Gasteiger partial charge in [0.1, 0.15) is 0 Å². The summed E-state index contributed by atoms with van der Waals surface area (Å²) < 4.78 is 22.9. The lowest BCUT2D eigenvalue weighted by atomic mass is 9.82. The van der Waals surface area contributed by atoms with E-state index in [-0.39, 0.29) is 28.9 Å². The molecule has 1 aromatic carbocycles. The molecular weight excluding hydrogens is 451 g/mol. The van der Waals surface area contributed by atoms with Crippen LogP contribution in [0.15, 0.2) is 34.2 Å². The number of halogens is 1. The first-order chi connectivity index (χ1) is 11.5. The van der Waals surface area contributed by atoms with Crippen molar-refractivity contribution in [3.05, 3.63) is 29.8 Å². The summed E-state index contributed by atoms with van der Waals surface area (Å²) in [4.78, 5) is 6.88. The van der Waals surface area contributed by atoms with Gasteiger partial charge in [-0.25, -0.2) is 13.6 Å². The smallest absolute Gasteiger partial charge is 0.238 e. The van der Waals surface area contributed by atoms with Gasteiger partial charge in [0, 0.05) is 26.7 Å². The lowest BCUT2D eigenvalue weighted by Crippen LogP contribution is -2.39. The van der Waals surface area contributed by atoms with Crippen LogP contribution >= 0.6 is 24.0 Å². The first kappa shape index (κ1) is 20.4. The number of hydrogen-bond donors (Lipinski definition) is 2. The Labute approximate surface area is 167 Å². The Balaban J connectivity index is 0.00000225. The summed E-state index contributed by atoms with van der Waals surface area (Å²) in [6.45, 7) is 2.67. The molecule has 2 unspecified atom stereocenters. The van der Waals surface area contributed by atoms with Crippen molar-refractivity contribution in [2.45, 2.75) is 37.1 Å². The fourth-order valence-corrected chi connectivity index (χ4v) is 4.51. The van der Waals surface area contributed by atoms with E-state index >= 15 is 0 Å². The highest BCUT2D eigenvalue weighted by molar-refractivity contribution is 14.0. The van der Waals surface area contributed by atoms with Crippen LogP contribution in [0.5, 0.6) is 0 Å². The highest BCUT2D eigenvalue weighted by Gasteiger charge is 2.35. The van der Waals surface area contributed by atoms with E-state index in [1.165, 1.54) is 31.7 Å². The number of nitrogens with zero attached hydrogens (tertiary/aromatic N) is 2. The zero-order valence-corrected chi connectivity index (χ0v) is 17.7. The normalized spacial score (nSPS) is 23.8. The fourth-order valence-electron chi connectivity index (χ4n) is 3.92. The molecule has 2 fully saturated rings. The number of nitrogens with one attached hydrogen (secondary N) is 1. The maximum atomic E-state index is 11.5. The third-order valence-electron chi connectivity index (χ3n) is 5.17. The number of hydrogen-bond acceptors (Lipinski definition) is 3. The molecule has 8 heteroatoms. The van der Waals surface area contributed by atoms with Gasteiger partial charge >= 0.3 is 0 Å². The second-order valence-corrected chi connectivity index (χ2v) is 8.36. The minimum Gasteiger partial charge on any atom is -0.352 e. The number of likely N-dealkylation sites (tertiary alicyclic amines) is 1. The van der Waals surface area contributed by atoms with Crippen molar-refractivity contribution in [3.63, 3.8) is 0 Å². The second-order valence-electron chi connectivity index (χ2n) is 6.80. The molecule has 1 aliphatic carbocycles. The topological polar surface area (TPSA) is 87.8 Å². The molecule has 0 radical (unpaired) electrons. The van der Waals surface area contributed by atoms with E-state index in [2.05, 4.69) is 15.2 Å². The Morgan fingerprint density at radius 1 is 1.28 bits per heavy atom. The highest BCUT2D eigenvalue weighted by atomic mass is 127. The van der Waals surface area contributed by atoms with Crippen LogP contribution in [0.4, 0.5) is 0 Å². The van der Waals surface area contributed by atoms with Crippen LogP contribution in [-0.4, -0.2) is 39.4 Å². The molecule has 0 bridgehead atoms. The van der Waals surface area contributed by atoms with Crippen LogP contribution in [0.3, 0.4) is 0 Å². The van der Waals surface area contributed by atoms with Crippen LogP contribution in [0.25, 0.3) is 0 Å². The van der Waals surface area contributed by atoms with E-state index in [1.807, 2.05) is 6.07 Å². The van der Waals surface area contributed by atoms with E-state index in [9.17, 15) is 8.42 Å². The van der Waals surface area contributed by atoms with Gasteiger partial charge in [-0.15, -0.1) is 24.0 Å². The first-order valence-corrected chi connectivity index (χ1v) is 10.1. The van der Waals surface area contributed by atoms with Crippen molar-refractivity contribution in [1.82, 2.24) is 10.2 Å². The summed E-state index contributed by atoms with van der Waals surface area (Å²) in [7, 11) is -1.87. The van der Waals surface area contributed by atoms with Crippen LogP contribution < -0.4 is 10.5 Å². The quantitative estimate of drug-likeness (QED) is 0.396. The molecule has 1 aromatic rings. The molecule has 25 heavy (non-hydrogen) atoms. The minimum atomic E-state index is -3.67. The van der Waals surface area contributed by atoms with Crippen molar-refractivity contribution >= 4 is 40.0 Å². The zero-order chi connectivity index (χ0) is 17.2. The Bertz CT molecular complexity index is 709. The number of guanidine groups is 1. The standard InChI is InChI=1S/C17H26N4O2S.HI/c1-19-17(21-11-14-6-2-3-7-15(14)12-21)20-10-13-5-4-8-16(9-13)24(18,22)23;/h4-5,8-9,14-15H,2-3,6-7,10-12H2,1H3,(H,19,20)(H2,18,22,23);1H. The van der Waals surface area contributed by atoms with E-state index in [4.69, 9.17) is 5.14 Å². The molecule has 3 rings (SSSR count). The van der Waals surface area contributed by atoms with Gasteiger partial charge in [0.2, 0.25) is 10.0 Å². The fraction of sp³-hybridized carbons (Fsp3) is 0.588. The third kappa shape index (κ3) is 5.07. The summed E-state index contributed by atoms with van der Waals surface area (Å²) >= 11 is 0. The number of sulfonamides is 1. The van der Waals surface area contributed by atoms with Gasteiger partial charge in [-0.1, -0.05) is 25.0 Å². The van der Waals surface area contributed by atoms with E-state index < -0.39 is 10.0 Å². The number of benzene rings is 1. The van der Waals surface area contributed by atoms with E-state index in [0.717, 1.165) is 36.4 Å². The Hall–Kier alpha value is -0.870. The molecular formula is C17H27IN4O2S. The van der Waals surface area contributed by atoms with Gasteiger partial charge in [0.15, 0.2) is 5.96 Å².